The minimum atomic E-state index is -0.139. The second-order valence-corrected chi connectivity index (χ2v) is 9.37. The highest BCUT2D eigenvalue weighted by atomic mass is 32.1. The van der Waals surface area contributed by atoms with Crippen molar-refractivity contribution in [3.05, 3.63) is 44.3 Å². The number of rotatable bonds is 8. The molecule has 3 heterocycles. The van der Waals surface area contributed by atoms with Gasteiger partial charge >= 0.3 is 0 Å². The summed E-state index contributed by atoms with van der Waals surface area (Å²) in [5.41, 5.74) is 2.11. The molecule has 6 nitrogen and oxygen atoms in total. The van der Waals surface area contributed by atoms with Gasteiger partial charge in [0.2, 0.25) is 5.91 Å². The van der Waals surface area contributed by atoms with E-state index in [2.05, 4.69) is 18.4 Å². The molecule has 0 saturated heterocycles. The Hall–Kier alpha value is -2.03. The highest BCUT2D eigenvalue weighted by Crippen LogP contribution is 2.38. The first-order chi connectivity index (χ1) is 14.1. The molecule has 0 radical (unpaired) electrons. The van der Waals surface area contributed by atoms with Crippen molar-refractivity contribution in [1.29, 1.82) is 0 Å². The summed E-state index contributed by atoms with van der Waals surface area (Å²) in [5.74, 6) is -0.0147. The van der Waals surface area contributed by atoms with Gasteiger partial charge < -0.3 is 9.64 Å². The third-order valence-corrected chi connectivity index (χ3v) is 7.34. The topological polar surface area (TPSA) is 62.2 Å². The van der Waals surface area contributed by atoms with E-state index in [0.29, 0.717) is 19.6 Å². The molecule has 8 heteroatoms. The fraction of sp³-hybridized carbons (Fsp3) is 0.476. The summed E-state index contributed by atoms with van der Waals surface area (Å²) in [6.07, 6.45) is 2.53. The molecule has 2 aliphatic rings. The zero-order valence-electron chi connectivity index (χ0n) is 16.7. The van der Waals surface area contributed by atoms with Crippen LogP contribution in [0, 0.1) is 12.8 Å². The van der Waals surface area contributed by atoms with Gasteiger partial charge in [0, 0.05) is 30.9 Å². The maximum absolute atomic E-state index is 13.3. The van der Waals surface area contributed by atoms with Crippen LogP contribution in [0.15, 0.2) is 34.1 Å². The second-order valence-electron chi connectivity index (χ2n) is 7.48. The van der Waals surface area contributed by atoms with Crippen LogP contribution in [0.25, 0.3) is 0 Å². The predicted octanol–water partition coefficient (Wildman–Crippen LogP) is 3.68. The number of nitrogens with zero attached hydrogens (tertiary/aromatic N) is 3. The van der Waals surface area contributed by atoms with Gasteiger partial charge in [-0.05, 0) is 48.2 Å². The molecule has 4 rings (SSSR count). The molecule has 0 spiro atoms. The Balaban J connectivity index is 1.56. The molecule has 0 bridgehead atoms. The minimum absolute atomic E-state index is 0.0425. The third kappa shape index (κ3) is 4.44. The van der Waals surface area contributed by atoms with E-state index in [1.807, 2.05) is 17.5 Å². The van der Waals surface area contributed by atoms with E-state index in [0.717, 1.165) is 28.3 Å². The maximum atomic E-state index is 13.3. The van der Waals surface area contributed by atoms with Crippen molar-refractivity contribution in [1.82, 2.24) is 9.91 Å². The zero-order chi connectivity index (χ0) is 20.4. The van der Waals surface area contributed by atoms with Crippen LogP contribution in [-0.2, 0) is 14.3 Å². The number of aryl methyl sites for hydroxylation is 1. The highest BCUT2D eigenvalue weighted by molar-refractivity contribution is 7.12. The van der Waals surface area contributed by atoms with Crippen LogP contribution in [0.1, 0.15) is 40.6 Å². The number of thiophene rings is 2. The van der Waals surface area contributed by atoms with Crippen molar-refractivity contribution in [2.45, 2.75) is 32.2 Å². The summed E-state index contributed by atoms with van der Waals surface area (Å²) in [6.45, 7) is 2.96. The van der Waals surface area contributed by atoms with Crippen LogP contribution in [-0.4, -0.2) is 54.2 Å². The van der Waals surface area contributed by atoms with E-state index in [1.54, 1.807) is 39.7 Å². The van der Waals surface area contributed by atoms with E-state index in [-0.39, 0.29) is 30.3 Å². The van der Waals surface area contributed by atoms with Gasteiger partial charge in [-0.15, -0.1) is 22.7 Å². The summed E-state index contributed by atoms with van der Waals surface area (Å²) in [5, 5.41) is 10.4. The van der Waals surface area contributed by atoms with E-state index in [4.69, 9.17) is 9.84 Å². The Morgan fingerprint density at radius 1 is 1.28 bits per heavy atom. The Morgan fingerprint density at radius 2 is 2.10 bits per heavy atom. The Labute approximate surface area is 178 Å². The lowest BCUT2D eigenvalue weighted by atomic mass is 10.1. The molecule has 154 valence electrons. The van der Waals surface area contributed by atoms with Crippen molar-refractivity contribution in [3.8, 4) is 0 Å². The van der Waals surface area contributed by atoms with E-state index in [1.165, 1.54) is 5.56 Å². The molecular weight excluding hydrogens is 406 g/mol. The summed E-state index contributed by atoms with van der Waals surface area (Å²) in [7, 11) is 1.61. The molecule has 0 aromatic carbocycles. The lowest BCUT2D eigenvalue weighted by Crippen LogP contribution is -2.43. The second kappa shape index (κ2) is 8.77. The number of methoxy groups -OCH3 is 1. The van der Waals surface area contributed by atoms with E-state index in [9.17, 15) is 9.59 Å². The normalized spacial score (nSPS) is 18.8. The van der Waals surface area contributed by atoms with Crippen molar-refractivity contribution in [2.24, 2.45) is 11.0 Å². The van der Waals surface area contributed by atoms with Gasteiger partial charge in [-0.1, -0.05) is 6.07 Å². The van der Waals surface area contributed by atoms with Crippen LogP contribution in [0.3, 0.4) is 0 Å². The Bertz CT molecular complexity index is 902. The Kier molecular flexibility index (Phi) is 6.12. The van der Waals surface area contributed by atoms with Gasteiger partial charge in [0.15, 0.2) is 0 Å². The first-order valence-corrected chi connectivity index (χ1v) is 11.6. The molecule has 1 aliphatic carbocycles. The predicted molar refractivity (Wildman–Crippen MR) is 115 cm³/mol. The number of hydrogen-bond donors (Lipinski definition) is 0. The monoisotopic (exact) mass is 431 g/mol. The van der Waals surface area contributed by atoms with Crippen LogP contribution in [0.4, 0.5) is 0 Å². The number of carbonyl (C=O) groups excluding carboxylic acids is 2. The van der Waals surface area contributed by atoms with Crippen molar-refractivity contribution in [2.75, 3.05) is 26.8 Å². The molecule has 0 unspecified atom stereocenters. The van der Waals surface area contributed by atoms with Crippen molar-refractivity contribution in [3.63, 3.8) is 0 Å². The number of amides is 2. The highest BCUT2D eigenvalue weighted by Gasteiger charge is 2.38. The van der Waals surface area contributed by atoms with Gasteiger partial charge in [-0.2, -0.15) is 5.10 Å². The first-order valence-electron chi connectivity index (χ1n) is 9.83. The average molecular weight is 432 g/mol. The van der Waals surface area contributed by atoms with Crippen LogP contribution >= 0.6 is 22.7 Å². The quantitative estimate of drug-likeness (QED) is 0.641. The standard InChI is InChI=1S/C21H25N3O3S2/c1-14-7-11-29-20(14)17-12-16(18-4-3-10-28-18)22-24(17)19(25)13-23(8-9-27-2)21(26)15-5-6-15/h3-4,7,10-11,15,17H,5-6,8-9,12-13H2,1-2H3/t17-/m1/s1. The molecule has 1 aliphatic heterocycles. The molecule has 2 amide bonds. The minimum Gasteiger partial charge on any atom is -0.383 e. The molecule has 0 N–H and O–H groups in total. The lowest BCUT2D eigenvalue weighted by Gasteiger charge is -2.26. The van der Waals surface area contributed by atoms with Gasteiger partial charge in [0.25, 0.3) is 5.91 Å². The molecule has 1 saturated carbocycles. The zero-order valence-corrected chi connectivity index (χ0v) is 18.3. The summed E-state index contributed by atoms with van der Waals surface area (Å²) >= 11 is 3.29. The number of hydrogen-bond acceptors (Lipinski definition) is 6. The molecule has 1 fully saturated rings. The fourth-order valence-corrected chi connectivity index (χ4v) is 5.29. The smallest absolute Gasteiger partial charge is 0.262 e. The SMILES string of the molecule is COCCN(CC(=O)N1N=C(c2cccs2)C[C@@H]1c1sccc1C)C(=O)C1CC1. The van der Waals surface area contributed by atoms with Gasteiger partial charge in [0.05, 0.1) is 23.2 Å². The van der Waals surface area contributed by atoms with E-state index < -0.39 is 0 Å². The van der Waals surface area contributed by atoms with Gasteiger partial charge in [-0.25, -0.2) is 5.01 Å². The van der Waals surface area contributed by atoms with Gasteiger partial charge in [-0.3, -0.25) is 9.59 Å². The molecular formula is C21H25N3O3S2. The van der Waals surface area contributed by atoms with Gasteiger partial charge in [0.1, 0.15) is 6.54 Å². The lowest BCUT2D eigenvalue weighted by molar-refractivity contribution is -0.142. The number of carbonyl (C=O) groups is 2. The molecule has 1 atom stereocenters. The maximum Gasteiger partial charge on any atom is 0.262 e. The number of ether oxygens (including phenoxy) is 1. The fourth-order valence-electron chi connectivity index (χ4n) is 3.55. The van der Waals surface area contributed by atoms with Crippen LogP contribution in [0.2, 0.25) is 0 Å². The van der Waals surface area contributed by atoms with Crippen LogP contribution in [0.5, 0.6) is 0 Å². The summed E-state index contributed by atoms with van der Waals surface area (Å²) in [4.78, 5) is 29.8. The Morgan fingerprint density at radius 3 is 2.72 bits per heavy atom. The largest absolute Gasteiger partial charge is 0.383 e. The summed E-state index contributed by atoms with van der Waals surface area (Å²) < 4.78 is 5.15. The van der Waals surface area contributed by atoms with Crippen LogP contribution < -0.4 is 0 Å². The molecule has 2 aromatic rings. The van der Waals surface area contributed by atoms with Crippen molar-refractivity contribution >= 4 is 40.2 Å². The average Bonchev–Trinajstić information content (AvgIpc) is 3.10. The number of hydrazone groups is 1. The molecule has 2 aromatic heterocycles. The summed E-state index contributed by atoms with van der Waals surface area (Å²) in [6, 6.07) is 6.00. The first kappa shape index (κ1) is 20.3. The van der Waals surface area contributed by atoms with E-state index >= 15 is 0 Å². The third-order valence-electron chi connectivity index (χ3n) is 5.31. The molecule has 29 heavy (non-hydrogen) atoms. The van der Waals surface area contributed by atoms with Crippen molar-refractivity contribution < 1.29 is 14.3 Å².